The maximum atomic E-state index is 3.64. The summed E-state index contributed by atoms with van der Waals surface area (Å²) in [6, 6.07) is 0. The summed E-state index contributed by atoms with van der Waals surface area (Å²) < 4.78 is 0. The molecule has 0 heterocycles. The van der Waals surface area contributed by atoms with Gasteiger partial charge in [0.25, 0.3) is 0 Å². The van der Waals surface area contributed by atoms with E-state index in [0.29, 0.717) is 0 Å². The molecule has 0 saturated carbocycles. The van der Waals surface area contributed by atoms with Crippen molar-refractivity contribution in [2.24, 2.45) is 0 Å². The van der Waals surface area contributed by atoms with Gasteiger partial charge in [-0.15, -0.1) is 6.58 Å². The SMILES string of the molecule is C=CCN/C(=C\C)CCC. The summed E-state index contributed by atoms with van der Waals surface area (Å²) in [6.07, 6.45) is 6.33. The molecule has 0 amide bonds. The molecule has 0 radical (unpaired) electrons. The largest absolute Gasteiger partial charge is 0.385 e. The fourth-order valence-electron chi connectivity index (χ4n) is 0.807. The first-order valence-electron chi connectivity index (χ1n) is 3.85. The Labute approximate surface area is 63.8 Å². The number of hydrogen-bond acceptors (Lipinski definition) is 1. The van der Waals surface area contributed by atoms with Crippen molar-refractivity contribution in [2.75, 3.05) is 6.54 Å². The van der Waals surface area contributed by atoms with Gasteiger partial charge in [-0.25, -0.2) is 0 Å². The normalized spacial score (nSPS) is 11.2. The van der Waals surface area contributed by atoms with Crippen LogP contribution < -0.4 is 5.32 Å². The maximum Gasteiger partial charge on any atom is 0.0325 e. The van der Waals surface area contributed by atoms with Crippen LogP contribution in [-0.2, 0) is 0 Å². The summed E-state index contributed by atoms with van der Waals surface area (Å²) in [5, 5.41) is 3.26. The maximum absolute atomic E-state index is 3.64. The number of hydrogen-bond donors (Lipinski definition) is 1. The van der Waals surface area contributed by atoms with Gasteiger partial charge in [-0.2, -0.15) is 0 Å². The van der Waals surface area contributed by atoms with Gasteiger partial charge in [0.2, 0.25) is 0 Å². The molecule has 0 atom stereocenters. The highest BCUT2D eigenvalue weighted by Gasteiger charge is 1.88. The summed E-state index contributed by atoms with van der Waals surface area (Å²) in [7, 11) is 0. The molecular formula is C9H17N. The van der Waals surface area contributed by atoms with Crippen LogP contribution in [0, 0.1) is 0 Å². The zero-order valence-corrected chi connectivity index (χ0v) is 6.98. The smallest absolute Gasteiger partial charge is 0.0325 e. The van der Waals surface area contributed by atoms with E-state index in [-0.39, 0.29) is 0 Å². The van der Waals surface area contributed by atoms with E-state index in [0.717, 1.165) is 13.0 Å². The Morgan fingerprint density at radius 3 is 2.70 bits per heavy atom. The standard InChI is InChI=1S/C9H17N/c1-4-7-9(6-3)10-8-5-2/h5-6,10H,2,4,7-8H2,1,3H3/b9-6-. The van der Waals surface area contributed by atoms with Gasteiger partial charge in [0.1, 0.15) is 0 Å². The van der Waals surface area contributed by atoms with E-state index in [9.17, 15) is 0 Å². The lowest BCUT2D eigenvalue weighted by atomic mass is 10.2. The van der Waals surface area contributed by atoms with Crippen LogP contribution in [0.25, 0.3) is 0 Å². The van der Waals surface area contributed by atoms with Crippen molar-refractivity contribution >= 4 is 0 Å². The number of allylic oxidation sites excluding steroid dienone is 2. The Bertz CT molecular complexity index is 114. The van der Waals surface area contributed by atoms with Gasteiger partial charge < -0.3 is 5.32 Å². The Balaban J connectivity index is 3.51. The van der Waals surface area contributed by atoms with Crippen LogP contribution >= 0.6 is 0 Å². The highest BCUT2D eigenvalue weighted by Crippen LogP contribution is 1.98. The van der Waals surface area contributed by atoms with E-state index >= 15 is 0 Å². The van der Waals surface area contributed by atoms with Gasteiger partial charge in [-0.3, -0.25) is 0 Å². The Hall–Kier alpha value is -0.720. The van der Waals surface area contributed by atoms with E-state index in [4.69, 9.17) is 0 Å². The average Bonchev–Trinajstić information content (AvgIpc) is 1.98. The molecule has 0 aromatic carbocycles. The third kappa shape index (κ3) is 4.19. The van der Waals surface area contributed by atoms with Crippen LogP contribution in [0.4, 0.5) is 0 Å². The lowest BCUT2D eigenvalue weighted by molar-refractivity contribution is 0.782. The summed E-state index contributed by atoms with van der Waals surface area (Å²) in [6.45, 7) is 8.75. The Morgan fingerprint density at radius 2 is 2.30 bits per heavy atom. The van der Waals surface area contributed by atoms with Crippen LogP contribution in [0.1, 0.15) is 26.7 Å². The van der Waals surface area contributed by atoms with Gasteiger partial charge in [0, 0.05) is 12.2 Å². The zero-order chi connectivity index (χ0) is 7.82. The Kier molecular flexibility index (Phi) is 5.94. The van der Waals surface area contributed by atoms with Crippen molar-refractivity contribution in [2.45, 2.75) is 26.7 Å². The molecule has 1 nitrogen and oxygen atoms in total. The minimum absolute atomic E-state index is 0.875. The first kappa shape index (κ1) is 9.28. The van der Waals surface area contributed by atoms with Crippen LogP contribution in [0.2, 0.25) is 0 Å². The minimum Gasteiger partial charge on any atom is -0.385 e. The molecule has 1 N–H and O–H groups in total. The quantitative estimate of drug-likeness (QED) is 0.577. The van der Waals surface area contributed by atoms with Gasteiger partial charge in [0.15, 0.2) is 0 Å². The molecule has 58 valence electrons. The van der Waals surface area contributed by atoms with Crippen LogP contribution in [-0.4, -0.2) is 6.54 Å². The molecule has 0 saturated heterocycles. The minimum atomic E-state index is 0.875. The molecule has 0 aliphatic rings. The highest BCUT2D eigenvalue weighted by atomic mass is 14.9. The first-order valence-corrected chi connectivity index (χ1v) is 3.85. The zero-order valence-electron chi connectivity index (χ0n) is 6.98. The second kappa shape index (κ2) is 6.40. The summed E-state index contributed by atoms with van der Waals surface area (Å²) in [5.74, 6) is 0. The fraction of sp³-hybridized carbons (Fsp3) is 0.556. The third-order valence-electron chi connectivity index (χ3n) is 1.34. The predicted molar refractivity (Wildman–Crippen MR) is 46.9 cm³/mol. The molecule has 0 unspecified atom stereocenters. The lowest BCUT2D eigenvalue weighted by Crippen LogP contribution is -2.12. The van der Waals surface area contributed by atoms with Gasteiger partial charge >= 0.3 is 0 Å². The van der Waals surface area contributed by atoms with E-state index in [1.54, 1.807) is 0 Å². The molecule has 0 aromatic heterocycles. The van der Waals surface area contributed by atoms with Crippen molar-refractivity contribution in [3.63, 3.8) is 0 Å². The van der Waals surface area contributed by atoms with Crippen molar-refractivity contribution in [3.8, 4) is 0 Å². The average molecular weight is 139 g/mol. The molecule has 10 heavy (non-hydrogen) atoms. The van der Waals surface area contributed by atoms with Crippen molar-refractivity contribution in [1.82, 2.24) is 5.32 Å². The number of rotatable bonds is 5. The molecule has 0 spiro atoms. The van der Waals surface area contributed by atoms with E-state index in [1.165, 1.54) is 12.1 Å². The van der Waals surface area contributed by atoms with Crippen molar-refractivity contribution in [3.05, 3.63) is 24.4 Å². The predicted octanol–water partition coefficient (Wildman–Crippen LogP) is 2.47. The lowest BCUT2D eigenvalue weighted by Gasteiger charge is -2.05. The van der Waals surface area contributed by atoms with Crippen LogP contribution in [0.3, 0.4) is 0 Å². The van der Waals surface area contributed by atoms with Gasteiger partial charge in [0.05, 0.1) is 0 Å². The molecule has 1 heteroatoms. The fourth-order valence-corrected chi connectivity index (χ4v) is 0.807. The van der Waals surface area contributed by atoms with E-state index < -0.39 is 0 Å². The van der Waals surface area contributed by atoms with E-state index in [2.05, 4.69) is 31.8 Å². The summed E-state index contributed by atoms with van der Waals surface area (Å²) >= 11 is 0. The molecule has 0 aliphatic heterocycles. The molecular weight excluding hydrogens is 122 g/mol. The summed E-state index contributed by atoms with van der Waals surface area (Å²) in [4.78, 5) is 0. The molecule has 0 aromatic rings. The monoisotopic (exact) mass is 139 g/mol. The third-order valence-corrected chi connectivity index (χ3v) is 1.34. The second-order valence-electron chi connectivity index (χ2n) is 2.23. The van der Waals surface area contributed by atoms with Crippen molar-refractivity contribution in [1.29, 1.82) is 0 Å². The highest BCUT2D eigenvalue weighted by molar-refractivity contribution is 4.98. The first-order chi connectivity index (χ1) is 4.85. The molecule has 0 bridgehead atoms. The van der Waals surface area contributed by atoms with Crippen molar-refractivity contribution < 1.29 is 0 Å². The molecule has 0 rings (SSSR count). The topological polar surface area (TPSA) is 12.0 Å². The Morgan fingerprint density at radius 1 is 1.60 bits per heavy atom. The number of nitrogens with one attached hydrogen (secondary N) is 1. The van der Waals surface area contributed by atoms with Crippen LogP contribution in [0.5, 0.6) is 0 Å². The molecule has 0 fully saturated rings. The molecule has 0 aliphatic carbocycles. The van der Waals surface area contributed by atoms with Gasteiger partial charge in [-0.1, -0.05) is 25.5 Å². The van der Waals surface area contributed by atoms with Gasteiger partial charge in [-0.05, 0) is 13.3 Å². The summed E-state index contributed by atoms with van der Waals surface area (Å²) in [5.41, 5.74) is 1.32. The van der Waals surface area contributed by atoms with E-state index in [1.807, 2.05) is 6.08 Å². The van der Waals surface area contributed by atoms with Crippen LogP contribution in [0.15, 0.2) is 24.4 Å². The second-order valence-corrected chi connectivity index (χ2v) is 2.23.